The second-order valence-corrected chi connectivity index (χ2v) is 7.22. The number of hydrogen-bond donors (Lipinski definition) is 4. The number of aliphatic hydroxyl groups excluding tert-OH is 1. The van der Waals surface area contributed by atoms with E-state index < -0.39 is 6.10 Å². The van der Waals surface area contributed by atoms with E-state index in [-0.39, 0.29) is 49.0 Å². The van der Waals surface area contributed by atoms with Gasteiger partial charge in [-0.05, 0) is 24.5 Å². The van der Waals surface area contributed by atoms with Crippen LogP contribution in [0.4, 0.5) is 5.69 Å². The lowest BCUT2D eigenvalue weighted by Crippen LogP contribution is -2.41. The number of nitrogens with zero attached hydrogens (tertiary/aromatic N) is 1. The highest BCUT2D eigenvalue weighted by atomic mass is 127. The molecule has 4 N–H and O–H groups in total. The molecule has 1 aliphatic rings. The summed E-state index contributed by atoms with van der Waals surface area (Å²) in [4.78, 5) is 16.4. The SMILES string of the molecule is CCNC(=NCC(O)COCC(C)C)NCC1CC(=O)Nc2ccccc21.I. The molecule has 1 amide bonds. The van der Waals surface area contributed by atoms with Crippen molar-refractivity contribution < 1.29 is 14.6 Å². The lowest BCUT2D eigenvalue weighted by Gasteiger charge is -2.26. The number of hydrogen-bond acceptors (Lipinski definition) is 4. The van der Waals surface area contributed by atoms with Crippen LogP contribution in [0, 0.1) is 5.92 Å². The van der Waals surface area contributed by atoms with Crippen molar-refractivity contribution in [3.05, 3.63) is 29.8 Å². The fourth-order valence-electron chi connectivity index (χ4n) is 2.93. The van der Waals surface area contributed by atoms with E-state index in [0.29, 0.717) is 38.0 Å². The van der Waals surface area contributed by atoms with E-state index in [1.54, 1.807) is 0 Å². The fraction of sp³-hybridized carbons (Fsp3) is 0.600. The standard InChI is InChI=1S/C20H32N4O3.HI/c1-4-21-20(23-11-16(25)13-27-12-14(2)3)22-10-15-9-19(26)24-18-8-6-5-7-17(15)18;/h5-8,14-16,25H,4,9-13H2,1-3H3,(H,24,26)(H2,21,22,23);1H. The largest absolute Gasteiger partial charge is 0.389 e. The van der Waals surface area contributed by atoms with Crippen molar-refractivity contribution in [3.63, 3.8) is 0 Å². The van der Waals surface area contributed by atoms with Gasteiger partial charge in [0.1, 0.15) is 0 Å². The molecule has 1 aromatic carbocycles. The highest BCUT2D eigenvalue weighted by Crippen LogP contribution is 2.31. The van der Waals surface area contributed by atoms with Gasteiger partial charge in [0.05, 0.1) is 19.3 Å². The molecule has 1 heterocycles. The molecule has 0 aromatic heterocycles. The minimum absolute atomic E-state index is 0. The summed E-state index contributed by atoms with van der Waals surface area (Å²) in [5.74, 6) is 1.18. The molecule has 2 rings (SSSR count). The van der Waals surface area contributed by atoms with Gasteiger partial charge in [0.25, 0.3) is 0 Å². The molecular weight excluding hydrogens is 471 g/mol. The first kappa shape index (κ1) is 24.6. The van der Waals surface area contributed by atoms with Crippen LogP contribution in [0.1, 0.15) is 38.7 Å². The Bertz CT molecular complexity index is 640. The maximum absolute atomic E-state index is 11.9. The molecule has 2 unspecified atom stereocenters. The third kappa shape index (κ3) is 8.32. The molecule has 0 saturated heterocycles. The third-order valence-corrected chi connectivity index (χ3v) is 4.19. The fourth-order valence-corrected chi connectivity index (χ4v) is 2.93. The number of benzene rings is 1. The summed E-state index contributed by atoms with van der Waals surface area (Å²) in [5, 5.41) is 19.4. The summed E-state index contributed by atoms with van der Waals surface area (Å²) in [6.07, 6.45) is -0.199. The summed E-state index contributed by atoms with van der Waals surface area (Å²) in [7, 11) is 0. The lowest BCUT2D eigenvalue weighted by atomic mass is 9.90. The molecule has 158 valence electrons. The van der Waals surface area contributed by atoms with E-state index in [0.717, 1.165) is 11.3 Å². The number of para-hydroxylation sites is 1. The van der Waals surface area contributed by atoms with Gasteiger partial charge < -0.3 is 25.8 Å². The Balaban J connectivity index is 0.00000392. The van der Waals surface area contributed by atoms with Crippen LogP contribution < -0.4 is 16.0 Å². The number of anilines is 1. The predicted octanol–water partition coefficient (Wildman–Crippen LogP) is 2.32. The highest BCUT2D eigenvalue weighted by Gasteiger charge is 2.24. The van der Waals surface area contributed by atoms with Crippen molar-refractivity contribution in [1.82, 2.24) is 10.6 Å². The molecule has 28 heavy (non-hydrogen) atoms. The van der Waals surface area contributed by atoms with Crippen LogP contribution in [0.5, 0.6) is 0 Å². The molecule has 1 aromatic rings. The van der Waals surface area contributed by atoms with Crippen LogP contribution in [-0.4, -0.2) is 55.9 Å². The van der Waals surface area contributed by atoms with Gasteiger partial charge >= 0.3 is 0 Å². The van der Waals surface area contributed by atoms with E-state index >= 15 is 0 Å². The normalized spacial score (nSPS) is 17.4. The molecule has 2 atom stereocenters. The summed E-state index contributed by atoms with van der Waals surface area (Å²) >= 11 is 0. The van der Waals surface area contributed by atoms with Crippen LogP contribution in [-0.2, 0) is 9.53 Å². The minimum Gasteiger partial charge on any atom is -0.389 e. The van der Waals surface area contributed by atoms with E-state index in [1.165, 1.54) is 0 Å². The quantitative estimate of drug-likeness (QED) is 0.235. The van der Waals surface area contributed by atoms with Crippen LogP contribution >= 0.6 is 24.0 Å². The number of guanidine groups is 1. The molecule has 0 spiro atoms. The monoisotopic (exact) mass is 504 g/mol. The van der Waals surface area contributed by atoms with Crippen LogP contribution in [0.25, 0.3) is 0 Å². The Labute approximate surface area is 184 Å². The summed E-state index contributed by atoms with van der Waals surface area (Å²) < 4.78 is 5.45. The van der Waals surface area contributed by atoms with Gasteiger partial charge in [-0.2, -0.15) is 0 Å². The van der Waals surface area contributed by atoms with Crippen molar-refractivity contribution in [2.45, 2.75) is 39.2 Å². The molecule has 7 nitrogen and oxygen atoms in total. The van der Waals surface area contributed by atoms with Crippen molar-refractivity contribution in [3.8, 4) is 0 Å². The van der Waals surface area contributed by atoms with Crippen LogP contribution in [0.2, 0.25) is 0 Å². The average Bonchev–Trinajstić information content (AvgIpc) is 2.63. The van der Waals surface area contributed by atoms with Gasteiger partial charge in [0.15, 0.2) is 5.96 Å². The zero-order valence-electron chi connectivity index (χ0n) is 16.9. The Morgan fingerprint density at radius 1 is 1.32 bits per heavy atom. The molecule has 0 fully saturated rings. The number of halogens is 1. The van der Waals surface area contributed by atoms with E-state index in [1.807, 2.05) is 31.2 Å². The van der Waals surface area contributed by atoms with Gasteiger partial charge in [0, 0.05) is 37.7 Å². The van der Waals surface area contributed by atoms with Crippen LogP contribution in [0.3, 0.4) is 0 Å². The number of carbonyl (C=O) groups excluding carboxylic acids is 1. The van der Waals surface area contributed by atoms with Crippen molar-refractivity contribution >= 4 is 41.5 Å². The second-order valence-electron chi connectivity index (χ2n) is 7.22. The molecule has 8 heteroatoms. The maximum atomic E-state index is 11.9. The molecular formula is C20H33IN4O3. The maximum Gasteiger partial charge on any atom is 0.225 e. The highest BCUT2D eigenvalue weighted by molar-refractivity contribution is 14.0. The van der Waals surface area contributed by atoms with Gasteiger partial charge in [-0.15, -0.1) is 24.0 Å². The van der Waals surface area contributed by atoms with Gasteiger partial charge in [0.2, 0.25) is 5.91 Å². The second kappa shape index (κ2) is 12.9. The molecule has 1 aliphatic heterocycles. The zero-order chi connectivity index (χ0) is 19.6. The zero-order valence-corrected chi connectivity index (χ0v) is 19.2. The third-order valence-electron chi connectivity index (χ3n) is 4.19. The van der Waals surface area contributed by atoms with Crippen molar-refractivity contribution in [1.29, 1.82) is 0 Å². The number of ether oxygens (including phenoxy) is 1. The lowest BCUT2D eigenvalue weighted by molar-refractivity contribution is -0.116. The summed E-state index contributed by atoms with van der Waals surface area (Å²) in [6, 6.07) is 7.87. The van der Waals surface area contributed by atoms with Crippen LogP contribution in [0.15, 0.2) is 29.3 Å². The molecule has 0 bridgehead atoms. The molecule has 0 radical (unpaired) electrons. The number of fused-ring (bicyclic) bond motifs is 1. The van der Waals surface area contributed by atoms with E-state index in [2.05, 4.69) is 34.8 Å². The van der Waals surface area contributed by atoms with E-state index in [9.17, 15) is 9.90 Å². The molecule has 0 saturated carbocycles. The molecule has 0 aliphatic carbocycles. The Kier molecular flexibility index (Phi) is 11.4. The Morgan fingerprint density at radius 3 is 2.79 bits per heavy atom. The Morgan fingerprint density at radius 2 is 2.07 bits per heavy atom. The number of carbonyl (C=O) groups is 1. The average molecular weight is 504 g/mol. The smallest absolute Gasteiger partial charge is 0.225 e. The Hall–Kier alpha value is -1.39. The number of nitrogens with one attached hydrogen (secondary N) is 3. The summed E-state index contributed by atoms with van der Waals surface area (Å²) in [5.41, 5.74) is 2.00. The topological polar surface area (TPSA) is 95.0 Å². The summed E-state index contributed by atoms with van der Waals surface area (Å²) in [6.45, 7) is 8.60. The number of rotatable bonds is 9. The van der Waals surface area contributed by atoms with E-state index in [4.69, 9.17) is 4.74 Å². The van der Waals surface area contributed by atoms with Crippen molar-refractivity contribution in [2.75, 3.05) is 38.2 Å². The number of aliphatic hydroxyl groups is 1. The predicted molar refractivity (Wildman–Crippen MR) is 123 cm³/mol. The first-order valence-electron chi connectivity index (χ1n) is 9.66. The number of amides is 1. The number of aliphatic imine (C=N–C) groups is 1. The minimum atomic E-state index is -0.639. The first-order chi connectivity index (χ1) is 13.0. The van der Waals surface area contributed by atoms with Gasteiger partial charge in [-0.3, -0.25) is 9.79 Å². The van der Waals surface area contributed by atoms with Gasteiger partial charge in [-0.25, -0.2) is 0 Å². The first-order valence-corrected chi connectivity index (χ1v) is 9.66. The van der Waals surface area contributed by atoms with Crippen molar-refractivity contribution in [2.24, 2.45) is 10.9 Å². The van der Waals surface area contributed by atoms with Gasteiger partial charge in [-0.1, -0.05) is 32.0 Å².